The van der Waals surface area contributed by atoms with Crippen LogP contribution in [0.3, 0.4) is 0 Å². The first-order chi connectivity index (χ1) is 12.9. The van der Waals surface area contributed by atoms with Gasteiger partial charge in [-0.05, 0) is 51.9 Å². The molecule has 0 spiro atoms. The summed E-state index contributed by atoms with van der Waals surface area (Å²) >= 11 is 0. The van der Waals surface area contributed by atoms with Crippen molar-refractivity contribution in [3.63, 3.8) is 0 Å². The SMILES string of the molecule is CCNC(=NCc1cc(OC)ccc1OC(F)F)NCC(C)N(C)C1CC1. The van der Waals surface area contributed by atoms with Gasteiger partial charge in [-0.2, -0.15) is 8.78 Å². The molecular formula is C19H30F2N4O2. The molecule has 0 radical (unpaired) electrons. The summed E-state index contributed by atoms with van der Waals surface area (Å²) in [5.74, 6) is 1.31. The summed E-state index contributed by atoms with van der Waals surface area (Å²) in [7, 11) is 3.66. The minimum Gasteiger partial charge on any atom is -0.497 e. The van der Waals surface area contributed by atoms with Gasteiger partial charge in [-0.25, -0.2) is 4.99 Å². The third-order valence-corrected chi connectivity index (χ3v) is 4.62. The van der Waals surface area contributed by atoms with E-state index in [1.54, 1.807) is 12.1 Å². The molecule has 0 aromatic heterocycles. The van der Waals surface area contributed by atoms with Crippen molar-refractivity contribution >= 4 is 5.96 Å². The van der Waals surface area contributed by atoms with E-state index in [1.807, 2.05) is 6.92 Å². The van der Waals surface area contributed by atoms with Crippen LogP contribution in [0, 0.1) is 0 Å². The van der Waals surface area contributed by atoms with Crippen molar-refractivity contribution in [2.24, 2.45) is 4.99 Å². The lowest BCUT2D eigenvalue weighted by atomic mass is 10.2. The van der Waals surface area contributed by atoms with Crippen LogP contribution in [0.4, 0.5) is 8.78 Å². The Morgan fingerprint density at radius 2 is 2.07 bits per heavy atom. The molecule has 27 heavy (non-hydrogen) atoms. The van der Waals surface area contributed by atoms with Crippen LogP contribution in [-0.2, 0) is 6.54 Å². The number of benzene rings is 1. The molecule has 1 fully saturated rings. The van der Waals surface area contributed by atoms with E-state index in [9.17, 15) is 8.78 Å². The number of halogens is 2. The first kappa shape index (κ1) is 21.2. The first-order valence-electron chi connectivity index (χ1n) is 9.30. The summed E-state index contributed by atoms with van der Waals surface area (Å²) in [6.07, 6.45) is 2.52. The number of aliphatic imine (C=N–C) groups is 1. The fourth-order valence-electron chi connectivity index (χ4n) is 2.75. The van der Waals surface area contributed by atoms with E-state index < -0.39 is 6.61 Å². The average Bonchev–Trinajstić information content (AvgIpc) is 3.48. The molecule has 1 aliphatic rings. The molecule has 0 bridgehead atoms. The van der Waals surface area contributed by atoms with Gasteiger partial charge in [0, 0.05) is 30.7 Å². The second-order valence-corrected chi connectivity index (χ2v) is 6.67. The van der Waals surface area contributed by atoms with Crippen LogP contribution in [-0.4, -0.2) is 56.8 Å². The monoisotopic (exact) mass is 384 g/mol. The first-order valence-corrected chi connectivity index (χ1v) is 9.30. The zero-order chi connectivity index (χ0) is 19.8. The highest BCUT2D eigenvalue weighted by molar-refractivity contribution is 5.79. The number of alkyl halides is 2. The van der Waals surface area contributed by atoms with Crippen LogP contribution in [0.2, 0.25) is 0 Å². The fourth-order valence-corrected chi connectivity index (χ4v) is 2.75. The Hall–Kier alpha value is -2.09. The van der Waals surface area contributed by atoms with E-state index in [2.05, 4.69) is 39.2 Å². The lowest BCUT2D eigenvalue weighted by Crippen LogP contribution is -2.45. The summed E-state index contributed by atoms with van der Waals surface area (Å²) in [5, 5.41) is 6.50. The predicted molar refractivity (Wildman–Crippen MR) is 103 cm³/mol. The highest BCUT2D eigenvalue weighted by atomic mass is 19.3. The molecular weight excluding hydrogens is 354 g/mol. The molecule has 0 heterocycles. The molecule has 2 N–H and O–H groups in total. The van der Waals surface area contributed by atoms with Crippen molar-refractivity contribution in [2.75, 3.05) is 27.2 Å². The van der Waals surface area contributed by atoms with Gasteiger partial charge in [0.15, 0.2) is 5.96 Å². The summed E-state index contributed by atoms with van der Waals surface area (Å²) < 4.78 is 35.0. The van der Waals surface area contributed by atoms with Crippen molar-refractivity contribution in [1.82, 2.24) is 15.5 Å². The van der Waals surface area contributed by atoms with Crippen LogP contribution >= 0.6 is 0 Å². The quantitative estimate of drug-likeness (QED) is 0.480. The second kappa shape index (κ2) is 10.3. The number of ether oxygens (including phenoxy) is 2. The van der Waals surface area contributed by atoms with Crippen LogP contribution in [0.25, 0.3) is 0 Å². The molecule has 1 atom stereocenters. The van der Waals surface area contributed by atoms with Gasteiger partial charge < -0.3 is 20.1 Å². The number of methoxy groups -OCH3 is 1. The highest BCUT2D eigenvalue weighted by Gasteiger charge is 2.28. The smallest absolute Gasteiger partial charge is 0.387 e. The lowest BCUT2D eigenvalue weighted by molar-refractivity contribution is -0.0504. The summed E-state index contributed by atoms with van der Waals surface area (Å²) in [6, 6.07) is 5.78. The molecule has 0 amide bonds. The van der Waals surface area contributed by atoms with E-state index in [-0.39, 0.29) is 12.3 Å². The molecule has 2 rings (SSSR count). The van der Waals surface area contributed by atoms with E-state index in [1.165, 1.54) is 26.0 Å². The van der Waals surface area contributed by atoms with Gasteiger partial charge in [0.25, 0.3) is 0 Å². The maximum atomic E-state index is 12.6. The average molecular weight is 384 g/mol. The van der Waals surface area contributed by atoms with Gasteiger partial charge in [-0.3, -0.25) is 4.90 Å². The Morgan fingerprint density at radius 1 is 1.33 bits per heavy atom. The van der Waals surface area contributed by atoms with Gasteiger partial charge in [0.2, 0.25) is 0 Å². The number of hydrogen-bond acceptors (Lipinski definition) is 4. The number of nitrogens with one attached hydrogen (secondary N) is 2. The van der Waals surface area contributed by atoms with Crippen molar-refractivity contribution in [1.29, 1.82) is 0 Å². The Morgan fingerprint density at radius 3 is 2.67 bits per heavy atom. The van der Waals surface area contributed by atoms with Crippen molar-refractivity contribution < 1.29 is 18.3 Å². The van der Waals surface area contributed by atoms with Crippen molar-refractivity contribution in [3.8, 4) is 11.5 Å². The molecule has 1 aromatic carbocycles. The largest absolute Gasteiger partial charge is 0.497 e. The molecule has 1 saturated carbocycles. The van der Waals surface area contributed by atoms with Gasteiger partial charge in [0.1, 0.15) is 11.5 Å². The topological polar surface area (TPSA) is 58.1 Å². The number of rotatable bonds is 10. The van der Waals surface area contributed by atoms with Crippen LogP contribution in [0.1, 0.15) is 32.3 Å². The minimum atomic E-state index is -2.88. The highest BCUT2D eigenvalue weighted by Crippen LogP contribution is 2.27. The minimum absolute atomic E-state index is 0.104. The molecule has 1 unspecified atom stereocenters. The van der Waals surface area contributed by atoms with E-state index in [0.29, 0.717) is 35.9 Å². The molecule has 0 aliphatic heterocycles. The van der Waals surface area contributed by atoms with E-state index >= 15 is 0 Å². The maximum absolute atomic E-state index is 12.6. The van der Waals surface area contributed by atoms with Crippen LogP contribution in [0.5, 0.6) is 11.5 Å². The van der Waals surface area contributed by atoms with Gasteiger partial charge in [-0.15, -0.1) is 0 Å². The molecule has 1 aromatic rings. The number of likely N-dealkylation sites (N-methyl/N-ethyl adjacent to an activating group) is 1. The Labute approximate surface area is 159 Å². The number of guanidine groups is 1. The maximum Gasteiger partial charge on any atom is 0.387 e. The van der Waals surface area contributed by atoms with Gasteiger partial charge in [0.05, 0.1) is 13.7 Å². The third-order valence-electron chi connectivity index (χ3n) is 4.62. The van der Waals surface area contributed by atoms with E-state index in [4.69, 9.17) is 4.74 Å². The van der Waals surface area contributed by atoms with Crippen LogP contribution < -0.4 is 20.1 Å². The summed E-state index contributed by atoms with van der Waals surface area (Å²) in [6.45, 7) is 2.92. The molecule has 1 aliphatic carbocycles. The fraction of sp³-hybridized carbons (Fsp3) is 0.632. The van der Waals surface area contributed by atoms with Crippen LogP contribution in [0.15, 0.2) is 23.2 Å². The lowest BCUT2D eigenvalue weighted by Gasteiger charge is -2.25. The molecule has 8 heteroatoms. The third kappa shape index (κ3) is 6.86. The number of nitrogens with zero attached hydrogens (tertiary/aromatic N) is 2. The zero-order valence-corrected chi connectivity index (χ0v) is 16.5. The molecule has 6 nitrogen and oxygen atoms in total. The summed E-state index contributed by atoms with van der Waals surface area (Å²) in [4.78, 5) is 6.88. The van der Waals surface area contributed by atoms with Gasteiger partial charge in [-0.1, -0.05) is 0 Å². The second-order valence-electron chi connectivity index (χ2n) is 6.67. The Balaban J connectivity index is 2.03. The van der Waals surface area contributed by atoms with E-state index in [0.717, 1.165) is 6.54 Å². The Bertz CT molecular complexity index is 624. The Kier molecular flexibility index (Phi) is 8.09. The normalized spacial score (nSPS) is 15.8. The van der Waals surface area contributed by atoms with Crippen molar-refractivity contribution in [2.45, 2.75) is 51.9 Å². The van der Waals surface area contributed by atoms with Crippen molar-refractivity contribution in [3.05, 3.63) is 23.8 Å². The molecule has 152 valence electrons. The predicted octanol–water partition coefficient (Wildman–Crippen LogP) is 2.83. The molecule has 0 saturated heterocycles. The number of hydrogen-bond donors (Lipinski definition) is 2. The zero-order valence-electron chi connectivity index (χ0n) is 16.5. The van der Waals surface area contributed by atoms with Gasteiger partial charge >= 0.3 is 6.61 Å². The summed E-state index contributed by atoms with van der Waals surface area (Å²) in [5.41, 5.74) is 0.537. The standard InChI is InChI=1S/C19H30F2N4O2/c1-5-22-19(23-11-13(2)25(3)15-6-7-15)24-12-14-10-16(26-4)8-9-17(14)27-18(20)21/h8-10,13,15,18H,5-7,11-12H2,1-4H3,(H2,22,23,24).